The van der Waals surface area contributed by atoms with Crippen LogP contribution in [0.3, 0.4) is 0 Å². The third kappa shape index (κ3) is 8.84. The number of nitrogens with two attached hydrogens (primary N) is 1. The van der Waals surface area contributed by atoms with Crippen molar-refractivity contribution in [2.45, 2.75) is 58.7 Å². The summed E-state index contributed by atoms with van der Waals surface area (Å²) in [5.41, 5.74) is 5.17. The normalized spacial score (nSPS) is 12.9. The van der Waals surface area contributed by atoms with Crippen LogP contribution in [-0.2, 0) is 9.47 Å². The number of hydrogen-bond donors (Lipinski definition) is 4. The average Bonchev–Trinajstić information content (AvgIpc) is 2.78. The summed E-state index contributed by atoms with van der Waals surface area (Å²) >= 11 is 0. The quantitative estimate of drug-likeness (QED) is 0.317. The van der Waals surface area contributed by atoms with E-state index in [0.29, 0.717) is 31.2 Å². The summed E-state index contributed by atoms with van der Waals surface area (Å²) in [6, 6.07) is 3.42. The molecule has 0 unspecified atom stereocenters. The number of ether oxygens (including phenoxy) is 3. The molecule has 12 heteroatoms. The van der Waals surface area contributed by atoms with E-state index in [1.807, 2.05) is 6.92 Å². The van der Waals surface area contributed by atoms with E-state index in [1.165, 1.54) is 6.20 Å². The summed E-state index contributed by atoms with van der Waals surface area (Å²) in [5.74, 6) is -1.37. The van der Waals surface area contributed by atoms with E-state index in [4.69, 9.17) is 19.9 Å². The second-order valence-corrected chi connectivity index (χ2v) is 9.02. The SMILES string of the molecule is CC[C@@H](Nc1nc(Nc2ccnc(OCCOC)c2)c(C(N)=O)cc1F)[C@H](C)NC(=O)OC(C)(C)C. The van der Waals surface area contributed by atoms with Gasteiger partial charge in [0.05, 0.1) is 12.2 Å². The molecule has 0 fully saturated rings. The number of nitrogens with zero attached hydrogens (tertiary/aromatic N) is 2. The second kappa shape index (κ2) is 12.9. The molecule has 0 bridgehead atoms. The molecule has 0 saturated carbocycles. The summed E-state index contributed by atoms with van der Waals surface area (Å²) < 4.78 is 30.6. The molecule has 2 aromatic heterocycles. The van der Waals surface area contributed by atoms with Crippen molar-refractivity contribution in [3.05, 3.63) is 35.8 Å². The van der Waals surface area contributed by atoms with Gasteiger partial charge in [-0.15, -0.1) is 0 Å². The maximum absolute atomic E-state index is 14.9. The smallest absolute Gasteiger partial charge is 0.407 e. The Morgan fingerprint density at radius 1 is 1.19 bits per heavy atom. The number of pyridine rings is 2. The molecule has 2 amide bonds. The van der Waals surface area contributed by atoms with Crippen LogP contribution >= 0.6 is 0 Å². The largest absolute Gasteiger partial charge is 0.475 e. The first kappa shape index (κ1) is 28.6. The number of carbonyl (C=O) groups is 2. The number of alkyl carbamates (subject to hydrolysis) is 1. The molecule has 11 nitrogen and oxygen atoms in total. The number of carbonyl (C=O) groups excluding carboxylic acids is 2. The topological polar surface area (TPSA) is 150 Å². The predicted octanol–water partition coefficient (Wildman–Crippen LogP) is 3.59. The van der Waals surface area contributed by atoms with E-state index < -0.39 is 35.5 Å². The van der Waals surface area contributed by atoms with Gasteiger partial charge in [-0.1, -0.05) is 6.92 Å². The molecule has 2 aromatic rings. The molecular weight excluding hydrogens is 471 g/mol. The number of primary amides is 1. The second-order valence-electron chi connectivity index (χ2n) is 9.02. The van der Waals surface area contributed by atoms with Crippen LogP contribution in [0.5, 0.6) is 5.88 Å². The van der Waals surface area contributed by atoms with Crippen molar-refractivity contribution in [2.24, 2.45) is 5.73 Å². The standard InChI is InChI=1S/C24H35FN6O5/c1-7-18(14(2)28-23(33)36-24(3,4)5)30-22-17(25)13-16(20(26)32)21(31-22)29-15-8-9-27-19(12-15)35-11-10-34-6/h8-9,12-14,18H,7,10-11H2,1-6H3,(H2,26,32)(H,28,33)(H2,27,29,30,31)/t14-,18+/m0/s1. The van der Waals surface area contributed by atoms with Crippen LogP contribution in [0.15, 0.2) is 24.4 Å². The zero-order chi connectivity index (χ0) is 26.9. The van der Waals surface area contributed by atoms with Gasteiger partial charge < -0.3 is 35.9 Å². The molecule has 0 aromatic carbocycles. The molecule has 198 valence electrons. The molecule has 0 radical (unpaired) electrons. The Morgan fingerprint density at radius 3 is 2.53 bits per heavy atom. The highest BCUT2D eigenvalue weighted by molar-refractivity contribution is 5.98. The van der Waals surface area contributed by atoms with Crippen molar-refractivity contribution in [3.63, 3.8) is 0 Å². The molecule has 0 aliphatic carbocycles. The summed E-state index contributed by atoms with van der Waals surface area (Å²) in [6.07, 6.45) is 1.45. The maximum Gasteiger partial charge on any atom is 0.407 e. The molecule has 2 heterocycles. The van der Waals surface area contributed by atoms with Crippen LogP contribution in [-0.4, -0.2) is 60.0 Å². The van der Waals surface area contributed by atoms with Gasteiger partial charge in [0.1, 0.15) is 18.0 Å². The number of hydrogen-bond acceptors (Lipinski definition) is 9. The zero-order valence-corrected chi connectivity index (χ0v) is 21.5. The van der Waals surface area contributed by atoms with Gasteiger partial charge in [0.25, 0.3) is 5.91 Å². The minimum absolute atomic E-state index is 0.0445. The summed E-state index contributed by atoms with van der Waals surface area (Å²) in [6.45, 7) is 9.62. The first-order valence-corrected chi connectivity index (χ1v) is 11.5. The summed E-state index contributed by atoms with van der Waals surface area (Å²) in [5, 5.41) is 8.72. The fourth-order valence-corrected chi connectivity index (χ4v) is 3.16. The maximum atomic E-state index is 14.9. The Balaban J connectivity index is 2.25. The molecule has 36 heavy (non-hydrogen) atoms. The first-order chi connectivity index (χ1) is 16.9. The number of halogens is 1. The van der Waals surface area contributed by atoms with Crippen molar-refractivity contribution in [2.75, 3.05) is 31.0 Å². The van der Waals surface area contributed by atoms with Crippen molar-refractivity contribution in [1.29, 1.82) is 0 Å². The van der Waals surface area contributed by atoms with Gasteiger partial charge in [-0.05, 0) is 46.2 Å². The average molecular weight is 507 g/mol. The van der Waals surface area contributed by atoms with Crippen molar-refractivity contribution in [3.8, 4) is 5.88 Å². The van der Waals surface area contributed by atoms with Gasteiger partial charge in [0.15, 0.2) is 11.6 Å². The number of aromatic nitrogens is 2. The first-order valence-electron chi connectivity index (χ1n) is 11.5. The highest BCUT2D eigenvalue weighted by Gasteiger charge is 2.24. The van der Waals surface area contributed by atoms with Gasteiger partial charge in [0, 0.05) is 37.1 Å². The third-order valence-corrected chi connectivity index (χ3v) is 4.89. The predicted molar refractivity (Wildman–Crippen MR) is 134 cm³/mol. The van der Waals surface area contributed by atoms with Gasteiger partial charge in [-0.3, -0.25) is 4.79 Å². The van der Waals surface area contributed by atoms with Crippen LogP contribution < -0.4 is 26.4 Å². The van der Waals surface area contributed by atoms with E-state index in [-0.39, 0.29) is 17.2 Å². The van der Waals surface area contributed by atoms with Crippen LogP contribution in [0.2, 0.25) is 0 Å². The van der Waals surface area contributed by atoms with Gasteiger partial charge in [-0.25, -0.2) is 19.2 Å². The number of nitrogens with one attached hydrogen (secondary N) is 3. The Labute approximate surface area is 210 Å². The Bertz CT molecular complexity index is 1050. The minimum atomic E-state index is -0.854. The number of rotatable bonds is 12. The van der Waals surface area contributed by atoms with Gasteiger partial charge in [0.2, 0.25) is 5.88 Å². The Hall–Kier alpha value is -3.67. The summed E-state index contributed by atoms with van der Waals surface area (Å²) in [7, 11) is 1.56. The van der Waals surface area contributed by atoms with E-state index in [0.717, 1.165) is 6.07 Å². The molecule has 5 N–H and O–H groups in total. The molecule has 0 aliphatic rings. The number of methoxy groups -OCH3 is 1. The lowest BCUT2D eigenvalue weighted by atomic mass is 10.1. The third-order valence-electron chi connectivity index (χ3n) is 4.89. The lowest BCUT2D eigenvalue weighted by Crippen LogP contribution is -2.46. The van der Waals surface area contributed by atoms with Gasteiger partial charge in [-0.2, -0.15) is 0 Å². The Morgan fingerprint density at radius 2 is 1.92 bits per heavy atom. The van der Waals surface area contributed by atoms with E-state index >= 15 is 0 Å². The molecule has 0 aliphatic heterocycles. The van der Waals surface area contributed by atoms with Crippen LogP contribution in [0.4, 0.5) is 26.5 Å². The number of anilines is 3. The van der Waals surface area contributed by atoms with E-state index in [9.17, 15) is 14.0 Å². The fraction of sp³-hybridized carbons (Fsp3) is 0.500. The Kier molecular flexibility index (Phi) is 10.2. The fourth-order valence-electron chi connectivity index (χ4n) is 3.16. The molecular formula is C24H35FN6O5. The molecule has 0 spiro atoms. The highest BCUT2D eigenvalue weighted by atomic mass is 19.1. The summed E-state index contributed by atoms with van der Waals surface area (Å²) in [4.78, 5) is 32.5. The molecule has 2 atom stereocenters. The number of amides is 2. The van der Waals surface area contributed by atoms with Crippen LogP contribution in [0, 0.1) is 5.82 Å². The lowest BCUT2D eigenvalue weighted by Gasteiger charge is -2.27. The van der Waals surface area contributed by atoms with Crippen LogP contribution in [0.1, 0.15) is 51.4 Å². The van der Waals surface area contributed by atoms with Crippen molar-refractivity contribution >= 4 is 29.3 Å². The monoisotopic (exact) mass is 506 g/mol. The van der Waals surface area contributed by atoms with E-state index in [1.54, 1.807) is 46.9 Å². The molecule has 0 saturated heterocycles. The minimum Gasteiger partial charge on any atom is -0.475 e. The highest BCUT2D eigenvalue weighted by Crippen LogP contribution is 2.26. The zero-order valence-electron chi connectivity index (χ0n) is 21.5. The van der Waals surface area contributed by atoms with E-state index in [2.05, 4.69) is 25.9 Å². The van der Waals surface area contributed by atoms with Crippen molar-refractivity contribution in [1.82, 2.24) is 15.3 Å². The van der Waals surface area contributed by atoms with Crippen LogP contribution in [0.25, 0.3) is 0 Å². The molecule has 2 rings (SSSR count). The van der Waals surface area contributed by atoms with Gasteiger partial charge >= 0.3 is 6.09 Å². The lowest BCUT2D eigenvalue weighted by molar-refractivity contribution is 0.0503. The van der Waals surface area contributed by atoms with Crippen molar-refractivity contribution < 1.29 is 28.2 Å².